The van der Waals surface area contributed by atoms with E-state index in [-0.39, 0.29) is 11.7 Å². The van der Waals surface area contributed by atoms with Crippen molar-refractivity contribution in [3.8, 4) is 5.75 Å². The van der Waals surface area contributed by atoms with E-state index < -0.39 is 0 Å². The number of rotatable bonds is 8. The zero-order valence-electron chi connectivity index (χ0n) is 11.3. The summed E-state index contributed by atoms with van der Waals surface area (Å²) in [5.74, 6) is 0.562. The first kappa shape index (κ1) is 15.2. The molecule has 1 amide bonds. The predicted molar refractivity (Wildman–Crippen MR) is 70.9 cm³/mol. The highest BCUT2D eigenvalue weighted by Crippen LogP contribution is 2.12. The Bertz CT molecular complexity index is 414. The number of nitrogens with one attached hydrogen (secondary N) is 1. The Morgan fingerprint density at radius 3 is 2.47 bits per heavy atom. The highest BCUT2D eigenvalue weighted by Gasteiger charge is 2.02. The van der Waals surface area contributed by atoms with Crippen molar-refractivity contribution in [2.24, 2.45) is 0 Å². The van der Waals surface area contributed by atoms with Gasteiger partial charge in [0.15, 0.2) is 5.78 Å². The minimum Gasteiger partial charge on any atom is -0.494 e. The van der Waals surface area contributed by atoms with Gasteiger partial charge in [-0.15, -0.1) is 0 Å². The van der Waals surface area contributed by atoms with Crippen LogP contribution in [0.2, 0.25) is 0 Å². The maximum Gasteiger partial charge on any atom is 0.243 e. The molecule has 0 aromatic heterocycles. The number of carbonyl (C=O) groups is 2. The van der Waals surface area contributed by atoms with Gasteiger partial charge in [-0.05, 0) is 44.5 Å². The first-order valence-corrected chi connectivity index (χ1v) is 6.28. The van der Waals surface area contributed by atoms with Crippen molar-refractivity contribution in [3.63, 3.8) is 0 Å². The molecule has 0 radical (unpaired) electrons. The summed E-state index contributed by atoms with van der Waals surface area (Å²) in [6.45, 7) is 4.21. The van der Waals surface area contributed by atoms with Gasteiger partial charge in [-0.25, -0.2) is 5.48 Å². The number of amides is 1. The van der Waals surface area contributed by atoms with Gasteiger partial charge in [-0.1, -0.05) is 0 Å². The molecule has 0 unspecified atom stereocenters. The van der Waals surface area contributed by atoms with Gasteiger partial charge in [-0.3, -0.25) is 14.4 Å². The van der Waals surface area contributed by atoms with Gasteiger partial charge in [-0.2, -0.15) is 0 Å². The molecule has 5 heteroatoms. The van der Waals surface area contributed by atoms with Crippen LogP contribution in [0.25, 0.3) is 0 Å². The molecule has 0 bridgehead atoms. The minimum atomic E-state index is -0.155. The number of Topliss-reactive ketones (excluding diaryl/α,β-unsaturated/α-hetero) is 1. The summed E-state index contributed by atoms with van der Waals surface area (Å²) in [5, 5.41) is 0. The van der Waals surface area contributed by atoms with Crippen LogP contribution in [-0.4, -0.2) is 24.9 Å². The molecule has 19 heavy (non-hydrogen) atoms. The Hall–Kier alpha value is -1.88. The van der Waals surface area contributed by atoms with Gasteiger partial charge in [0.1, 0.15) is 5.75 Å². The predicted octanol–water partition coefficient (Wildman–Crippen LogP) is 2.12. The second-order valence-corrected chi connectivity index (χ2v) is 3.99. The quantitative estimate of drug-likeness (QED) is 0.444. The Kier molecular flexibility index (Phi) is 6.60. The van der Waals surface area contributed by atoms with E-state index in [1.165, 1.54) is 6.92 Å². The fraction of sp³-hybridized carbons (Fsp3) is 0.429. The summed E-state index contributed by atoms with van der Waals surface area (Å²) in [6, 6.07) is 6.94. The Morgan fingerprint density at radius 2 is 1.89 bits per heavy atom. The lowest BCUT2D eigenvalue weighted by molar-refractivity contribution is -0.133. The average Bonchev–Trinajstić information content (AvgIpc) is 2.41. The fourth-order valence-corrected chi connectivity index (χ4v) is 1.41. The van der Waals surface area contributed by atoms with Crippen molar-refractivity contribution in [3.05, 3.63) is 29.8 Å². The molecular weight excluding hydrogens is 246 g/mol. The summed E-state index contributed by atoms with van der Waals surface area (Å²) in [4.78, 5) is 27.1. The van der Waals surface area contributed by atoms with E-state index in [9.17, 15) is 9.59 Å². The zero-order chi connectivity index (χ0) is 14.1. The zero-order valence-corrected chi connectivity index (χ0v) is 11.3. The number of benzene rings is 1. The summed E-state index contributed by atoms with van der Waals surface area (Å²) in [6.07, 6.45) is 0.957. The van der Waals surface area contributed by atoms with Gasteiger partial charge in [0, 0.05) is 12.0 Å². The molecule has 0 aliphatic rings. The second-order valence-electron chi connectivity index (χ2n) is 3.99. The summed E-state index contributed by atoms with van der Waals surface area (Å²) >= 11 is 0. The number of hydroxylamine groups is 1. The van der Waals surface area contributed by atoms with Crippen LogP contribution in [0.5, 0.6) is 5.75 Å². The van der Waals surface area contributed by atoms with Gasteiger partial charge in [0.05, 0.1) is 13.2 Å². The van der Waals surface area contributed by atoms with Gasteiger partial charge in [0.25, 0.3) is 0 Å². The van der Waals surface area contributed by atoms with Crippen LogP contribution < -0.4 is 10.2 Å². The van der Waals surface area contributed by atoms with E-state index in [1.807, 2.05) is 0 Å². The van der Waals surface area contributed by atoms with Crippen LogP contribution in [0.3, 0.4) is 0 Å². The highest BCUT2D eigenvalue weighted by molar-refractivity contribution is 5.94. The van der Waals surface area contributed by atoms with E-state index in [2.05, 4.69) is 5.48 Å². The Morgan fingerprint density at radius 1 is 1.21 bits per heavy atom. The Labute approximate surface area is 112 Å². The van der Waals surface area contributed by atoms with Crippen molar-refractivity contribution in [1.29, 1.82) is 0 Å². The van der Waals surface area contributed by atoms with Crippen LogP contribution in [-0.2, 0) is 9.63 Å². The molecule has 104 valence electrons. The van der Waals surface area contributed by atoms with Gasteiger partial charge < -0.3 is 4.74 Å². The van der Waals surface area contributed by atoms with Crippen molar-refractivity contribution in [2.75, 3.05) is 13.2 Å². The van der Waals surface area contributed by atoms with Crippen LogP contribution in [0.4, 0.5) is 0 Å². The minimum absolute atomic E-state index is 0.0270. The lowest BCUT2D eigenvalue weighted by Gasteiger charge is -2.07. The smallest absolute Gasteiger partial charge is 0.243 e. The van der Waals surface area contributed by atoms with Crippen LogP contribution in [0.15, 0.2) is 24.3 Å². The maximum absolute atomic E-state index is 11.2. The van der Waals surface area contributed by atoms with Crippen LogP contribution >= 0.6 is 0 Å². The molecule has 0 atom stereocenters. The topological polar surface area (TPSA) is 64.6 Å². The molecule has 1 N–H and O–H groups in total. The summed E-state index contributed by atoms with van der Waals surface area (Å²) < 4.78 is 5.46. The van der Waals surface area contributed by atoms with Gasteiger partial charge >= 0.3 is 0 Å². The molecule has 0 heterocycles. The molecular formula is C14H19NO4. The van der Waals surface area contributed by atoms with E-state index in [0.717, 1.165) is 0 Å². The van der Waals surface area contributed by atoms with Crippen molar-refractivity contribution in [1.82, 2.24) is 5.48 Å². The fourth-order valence-electron chi connectivity index (χ4n) is 1.41. The van der Waals surface area contributed by atoms with Crippen LogP contribution in [0, 0.1) is 0 Å². The SMILES string of the molecule is CCONC(=O)CCCOc1ccc(C(C)=O)cc1. The molecule has 1 aromatic rings. The largest absolute Gasteiger partial charge is 0.494 e. The third kappa shape index (κ3) is 6.01. The molecule has 0 fully saturated rings. The lowest BCUT2D eigenvalue weighted by atomic mass is 10.1. The second kappa shape index (κ2) is 8.26. The van der Waals surface area contributed by atoms with E-state index >= 15 is 0 Å². The maximum atomic E-state index is 11.2. The van der Waals surface area contributed by atoms with Gasteiger partial charge in [0.2, 0.25) is 5.91 Å². The molecule has 0 aliphatic heterocycles. The first-order valence-electron chi connectivity index (χ1n) is 6.28. The third-order valence-corrected chi connectivity index (χ3v) is 2.41. The summed E-state index contributed by atoms with van der Waals surface area (Å²) in [7, 11) is 0. The number of ketones is 1. The Balaban J connectivity index is 2.22. The third-order valence-electron chi connectivity index (χ3n) is 2.41. The van der Waals surface area contributed by atoms with Crippen molar-refractivity contribution >= 4 is 11.7 Å². The molecule has 1 aromatic carbocycles. The standard InChI is InChI=1S/C14H19NO4/c1-3-19-15-14(17)5-4-10-18-13-8-6-12(7-9-13)11(2)16/h6-9H,3-5,10H2,1-2H3,(H,15,17). The molecule has 1 rings (SSSR count). The number of hydrogen-bond acceptors (Lipinski definition) is 4. The van der Waals surface area contributed by atoms with E-state index in [0.29, 0.717) is 37.4 Å². The lowest BCUT2D eigenvalue weighted by Crippen LogP contribution is -2.23. The van der Waals surface area contributed by atoms with Crippen molar-refractivity contribution < 1.29 is 19.2 Å². The first-order chi connectivity index (χ1) is 9.13. The molecule has 0 aliphatic carbocycles. The normalized spacial score (nSPS) is 10.0. The average molecular weight is 265 g/mol. The number of hydrogen-bond donors (Lipinski definition) is 1. The number of ether oxygens (including phenoxy) is 1. The highest BCUT2D eigenvalue weighted by atomic mass is 16.6. The van der Waals surface area contributed by atoms with E-state index in [1.54, 1.807) is 31.2 Å². The molecule has 5 nitrogen and oxygen atoms in total. The molecule has 0 saturated heterocycles. The monoisotopic (exact) mass is 265 g/mol. The van der Waals surface area contributed by atoms with Crippen molar-refractivity contribution in [2.45, 2.75) is 26.7 Å². The van der Waals surface area contributed by atoms with Crippen LogP contribution in [0.1, 0.15) is 37.0 Å². The molecule has 0 saturated carbocycles. The number of carbonyl (C=O) groups excluding carboxylic acids is 2. The summed E-state index contributed by atoms with van der Waals surface area (Å²) in [5.41, 5.74) is 2.97. The molecule has 0 spiro atoms. The van der Waals surface area contributed by atoms with E-state index in [4.69, 9.17) is 9.57 Å².